The van der Waals surface area contributed by atoms with Gasteiger partial charge in [0.2, 0.25) is 0 Å². The molecule has 0 spiro atoms. The molecule has 4 nitrogen and oxygen atoms in total. The number of rotatable bonds is 2. The maximum Gasteiger partial charge on any atom is 0.250 e. The summed E-state index contributed by atoms with van der Waals surface area (Å²) in [5.41, 5.74) is 3.58. The van der Waals surface area contributed by atoms with Gasteiger partial charge in [-0.15, -0.1) is 11.3 Å². The Morgan fingerprint density at radius 2 is 2.50 bits per heavy atom. The molecule has 16 heavy (non-hydrogen) atoms. The van der Waals surface area contributed by atoms with Crippen LogP contribution in [-0.4, -0.2) is 23.4 Å². The van der Waals surface area contributed by atoms with Gasteiger partial charge < -0.3 is 0 Å². The summed E-state index contributed by atoms with van der Waals surface area (Å²) < 4.78 is 0. The van der Waals surface area contributed by atoms with E-state index in [1.165, 1.54) is 10.4 Å². The molecule has 2 rings (SSSR count). The van der Waals surface area contributed by atoms with Crippen LogP contribution in [-0.2, 0) is 11.2 Å². The molecule has 1 amide bonds. The number of nitrogens with two attached hydrogens (primary N) is 1. The summed E-state index contributed by atoms with van der Waals surface area (Å²) >= 11 is 1.81. The van der Waals surface area contributed by atoms with Crippen molar-refractivity contribution in [3.8, 4) is 0 Å². The van der Waals surface area contributed by atoms with Crippen molar-refractivity contribution in [3.63, 3.8) is 0 Å². The molecule has 0 aliphatic carbocycles. The predicted octanol–water partition coefficient (Wildman–Crippen LogP) is 1.05. The Bertz CT molecular complexity index is 390. The lowest BCUT2D eigenvalue weighted by atomic mass is 9.99. The summed E-state index contributed by atoms with van der Waals surface area (Å²) in [7, 11) is 0. The number of amides is 1. The van der Waals surface area contributed by atoms with Crippen LogP contribution in [0.4, 0.5) is 0 Å². The van der Waals surface area contributed by atoms with Gasteiger partial charge in [0.25, 0.3) is 5.91 Å². The zero-order valence-electron chi connectivity index (χ0n) is 9.56. The monoisotopic (exact) mass is 239 g/mol. The van der Waals surface area contributed by atoms with Crippen LogP contribution in [0.2, 0.25) is 0 Å². The molecule has 2 heterocycles. The molecule has 0 aromatic carbocycles. The highest BCUT2D eigenvalue weighted by atomic mass is 32.1. The summed E-state index contributed by atoms with van der Waals surface area (Å²) in [6.07, 6.45) is 1.03. The van der Waals surface area contributed by atoms with E-state index in [0.717, 1.165) is 13.0 Å². The number of nitrogens with zero attached hydrogens (tertiary/aromatic N) is 1. The number of hydrazine groups is 1. The molecule has 1 aromatic heterocycles. The highest BCUT2D eigenvalue weighted by Crippen LogP contribution is 2.33. The van der Waals surface area contributed by atoms with Crippen LogP contribution in [0.25, 0.3) is 0 Å². The number of carbonyl (C=O) groups is 1. The van der Waals surface area contributed by atoms with E-state index in [1.54, 1.807) is 11.3 Å². The van der Waals surface area contributed by atoms with Gasteiger partial charge in [-0.05, 0) is 37.3 Å². The van der Waals surface area contributed by atoms with Crippen LogP contribution in [0.1, 0.15) is 30.3 Å². The smallest absolute Gasteiger partial charge is 0.250 e. The SMILES string of the molecule is CC(C(=O)NN)N1CCc2sccc2C1C. The van der Waals surface area contributed by atoms with Crippen molar-refractivity contribution in [3.05, 3.63) is 21.9 Å². The topological polar surface area (TPSA) is 58.4 Å². The summed E-state index contributed by atoms with van der Waals surface area (Å²) in [6.45, 7) is 4.96. The van der Waals surface area contributed by atoms with Crippen LogP contribution < -0.4 is 11.3 Å². The van der Waals surface area contributed by atoms with Crippen LogP contribution >= 0.6 is 11.3 Å². The quantitative estimate of drug-likeness (QED) is 0.461. The van der Waals surface area contributed by atoms with Gasteiger partial charge in [0, 0.05) is 17.5 Å². The molecule has 1 aromatic rings. The number of thiophene rings is 1. The first kappa shape index (κ1) is 11.6. The Hall–Kier alpha value is -0.910. The minimum absolute atomic E-state index is 0.120. The van der Waals surface area contributed by atoms with E-state index < -0.39 is 0 Å². The highest BCUT2D eigenvalue weighted by molar-refractivity contribution is 7.10. The number of fused-ring (bicyclic) bond motifs is 1. The first-order valence-electron chi connectivity index (χ1n) is 5.47. The second kappa shape index (κ2) is 4.53. The number of carbonyl (C=O) groups excluding carboxylic acids is 1. The minimum Gasteiger partial charge on any atom is -0.293 e. The fraction of sp³-hybridized carbons (Fsp3) is 0.545. The predicted molar refractivity (Wildman–Crippen MR) is 64.9 cm³/mol. The number of hydrogen-bond donors (Lipinski definition) is 2. The van der Waals surface area contributed by atoms with E-state index in [1.807, 2.05) is 6.92 Å². The van der Waals surface area contributed by atoms with Gasteiger partial charge in [-0.1, -0.05) is 0 Å². The van der Waals surface area contributed by atoms with Crippen molar-refractivity contribution in [2.24, 2.45) is 5.84 Å². The molecule has 5 heteroatoms. The number of hydrogen-bond acceptors (Lipinski definition) is 4. The lowest BCUT2D eigenvalue weighted by Crippen LogP contribution is -2.50. The molecule has 0 fully saturated rings. The first-order chi connectivity index (χ1) is 7.65. The van der Waals surface area contributed by atoms with E-state index in [9.17, 15) is 4.79 Å². The summed E-state index contributed by atoms with van der Waals surface area (Å²) in [5, 5.41) is 2.12. The average Bonchev–Trinajstić information content (AvgIpc) is 2.76. The van der Waals surface area contributed by atoms with Crippen LogP contribution in [0.5, 0.6) is 0 Å². The molecule has 1 aliphatic heterocycles. The zero-order valence-corrected chi connectivity index (χ0v) is 10.4. The fourth-order valence-corrected chi connectivity index (χ4v) is 3.29. The zero-order chi connectivity index (χ0) is 11.7. The van der Waals surface area contributed by atoms with Gasteiger partial charge in [-0.2, -0.15) is 0 Å². The van der Waals surface area contributed by atoms with Gasteiger partial charge in [-0.25, -0.2) is 5.84 Å². The number of nitrogens with one attached hydrogen (secondary N) is 1. The summed E-state index contributed by atoms with van der Waals surface area (Å²) in [4.78, 5) is 15.2. The van der Waals surface area contributed by atoms with Crippen LogP contribution in [0.3, 0.4) is 0 Å². The molecular formula is C11H17N3OS. The lowest BCUT2D eigenvalue weighted by molar-refractivity contribution is -0.127. The van der Waals surface area contributed by atoms with Crippen molar-refractivity contribution < 1.29 is 4.79 Å². The Labute approximate surface area is 99.4 Å². The molecule has 0 saturated heterocycles. The first-order valence-corrected chi connectivity index (χ1v) is 6.35. The van der Waals surface area contributed by atoms with Crippen molar-refractivity contribution in [1.29, 1.82) is 0 Å². The van der Waals surface area contributed by atoms with E-state index in [2.05, 4.69) is 28.7 Å². The van der Waals surface area contributed by atoms with Gasteiger partial charge in [0.05, 0.1) is 6.04 Å². The molecular weight excluding hydrogens is 222 g/mol. The molecule has 0 radical (unpaired) electrons. The largest absolute Gasteiger partial charge is 0.293 e. The van der Waals surface area contributed by atoms with Crippen molar-refractivity contribution in [2.45, 2.75) is 32.4 Å². The molecule has 2 atom stereocenters. The van der Waals surface area contributed by atoms with Gasteiger partial charge in [0.1, 0.15) is 0 Å². The molecule has 0 bridgehead atoms. The normalized spacial score (nSPS) is 22.6. The second-order valence-corrected chi connectivity index (χ2v) is 5.15. The van der Waals surface area contributed by atoms with Crippen molar-refractivity contribution in [1.82, 2.24) is 10.3 Å². The second-order valence-electron chi connectivity index (χ2n) is 4.15. The standard InChI is InChI=1S/C11H17N3OS/c1-7-9-4-6-16-10(9)3-5-14(7)8(2)11(15)13-12/h4,6-8H,3,5,12H2,1-2H3,(H,13,15). The van der Waals surface area contributed by atoms with E-state index in [-0.39, 0.29) is 11.9 Å². The van der Waals surface area contributed by atoms with Crippen LogP contribution in [0, 0.1) is 0 Å². The molecule has 2 unspecified atom stereocenters. The van der Waals surface area contributed by atoms with E-state index >= 15 is 0 Å². The van der Waals surface area contributed by atoms with Crippen molar-refractivity contribution >= 4 is 17.2 Å². The third-order valence-corrected chi connectivity index (χ3v) is 4.34. The third kappa shape index (κ3) is 1.86. The average molecular weight is 239 g/mol. The Morgan fingerprint density at radius 1 is 1.75 bits per heavy atom. The Balaban J connectivity index is 2.18. The van der Waals surface area contributed by atoms with E-state index in [4.69, 9.17) is 5.84 Å². The van der Waals surface area contributed by atoms with Crippen molar-refractivity contribution in [2.75, 3.05) is 6.54 Å². The fourth-order valence-electron chi connectivity index (χ4n) is 2.33. The summed E-state index contributed by atoms with van der Waals surface area (Å²) in [5.74, 6) is 5.06. The molecule has 88 valence electrons. The molecule has 1 aliphatic rings. The maximum atomic E-state index is 11.5. The maximum absolute atomic E-state index is 11.5. The highest BCUT2D eigenvalue weighted by Gasteiger charge is 2.30. The summed E-state index contributed by atoms with van der Waals surface area (Å²) in [6, 6.07) is 2.28. The minimum atomic E-state index is -0.173. The van der Waals surface area contributed by atoms with Gasteiger partial charge in [0.15, 0.2) is 0 Å². The Morgan fingerprint density at radius 3 is 3.19 bits per heavy atom. The van der Waals surface area contributed by atoms with Gasteiger partial charge >= 0.3 is 0 Å². The molecule has 0 saturated carbocycles. The third-order valence-electron chi connectivity index (χ3n) is 3.34. The molecule has 3 N–H and O–H groups in total. The lowest BCUT2D eigenvalue weighted by Gasteiger charge is -2.37. The van der Waals surface area contributed by atoms with E-state index in [0.29, 0.717) is 6.04 Å². The Kier molecular flexibility index (Phi) is 3.28. The van der Waals surface area contributed by atoms with Gasteiger partial charge in [-0.3, -0.25) is 15.1 Å². The van der Waals surface area contributed by atoms with Crippen LogP contribution in [0.15, 0.2) is 11.4 Å².